The van der Waals surface area contributed by atoms with E-state index in [2.05, 4.69) is 5.32 Å². The van der Waals surface area contributed by atoms with E-state index in [1.807, 2.05) is 13.8 Å². The fraction of sp³-hybridized carbons (Fsp3) is 0.500. The van der Waals surface area contributed by atoms with Crippen LogP contribution in [-0.4, -0.2) is 23.0 Å². The Morgan fingerprint density at radius 1 is 1.41 bits per heavy atom. The fourth-order valence-corrected chi connectivity index (χ4v) is 1.47. The zero-order chi connectivity index (χ0) is 12.8. The highest BCUT2D eigenvalue weighted by atomic mass is 16.4. The largest absolute Gasteiger partial charge is 0.480 e. The normalized spacial score (nSPS) is 12.1. The van der Waals surface area contributed by atoms with Gasteiger partial charge in [0.05, 0.1) is 0 Å². The molecule has 0 unspecified atom stereocenters. The summed E-state index contributed by atoms with van der Waals surface area (Å²) in [7, 11) is 0. The Labute approximate surface area is 99.8 Å². The van der Waals surface area contributed by atoms with Crippen LogP contribution in [0.5, 0.6) is 0 Å². The Kier molecular flexibility index (Phi) is 4.75. The zero-order valence-electron chi connectivity index (χ0n) is 10.0. The molecule has 0 saturated heterocycles. The number of hydrogen-bond acceptors (Lipinski definition) is 3. The van der Waals surface area contributed by atoms with E-state index in [9.17, 15) is 9.59 Å². The molecule has 0 aliphatic rings. The van der Waals surface area contributed by atoms with E-state index in [4.69, 9.17) is 9.52 Å². The van der Waals surface area contributed by atoms with Crippen molar-refractivity contribution in [3.8, 4) is 0 Å². The number of rotatable bonds is 6. The molecule has 0 saturated carbocycles. The van der Waals surface area contributed by atoms with E-state index >= 15 is 0 Å². The highest BCUT2D eigenvalue weighted by Gasteiger charge is 2.21. The number of hydrogen-bond donors (Lipinski definition) is 2. The summed E-state index contributed by atoms with van der Waals surface area (Å²) < 4.78 is 5.25. The number of furan rings is 1. The molecule has 0 fully saturated rings. The lowest BCUT2D eigenvalue weighted by Crippen LogP contribution is -2.40. The number of aliphatic carboxylic acids is 1. The Morgan fingerprint density at radius 2 is 2.12 bits per heavy atom. The summed E-state index contributed by atoms with van der Waals surface area (Å²) in [4.78, 5) is 22.6. The van der Waals surface area contributed by atoms with Crippen molar-refractivity contribution in [2.75, 3.05) is 0 Å². The number of aryl methyl sites for hydroxylation is 1. The van der Waals surface area contributed by atoms with Gasteiger partial charge in [0.1, 0.15) is 11.8 Å². The first-order valence-corrected chi connectivity index (χ1v) is 5.70. The second-order valence-corrected chi connectivity index (χ2v) is 3.77. The highest BCUT2D eigenvalue weighted by molar-refractivity contribution is 5.94. The number of carboxylic acid groups (broad SMARTS) is 1. The Balaban J connectivity index is 2.66. The van der Waals surface area contributed by atoms with E-state index in [0.717, 1.165) is 0 Å². The Hall–Kier alpha value is -1.78. The van der Waals surface area contributed by atoms with Gasteiger partial charge < -0.3 is 14.8 Å². The minimum absolute atomic E-state index is 0.157. The molecule has 1 heterocycles. The average Bonchev–Trinajstić information content (AvgIpc) is 2.76. The summed E-state index contributed by atoms with van der Waals surface area (Å²) in [5, 5.41) is 11.3. The van der Waals surface area contributed by atoms with Crippen LogP contribution >= 0.6 is 0 Å². The second kappa shape index (κ2) is 6.08. The maximum absolute atomic E-state index is 11.7. The highest BCUT2D eigenvalue weighted by Crippen LogP contribution is 2.09. The summed E-state index contributed by atoms with van der Waals surface area (Å²) in [6, 6.07) is 2.41. The van der Waals surface area contributed by atoms with Crippen LogP contribution in [0.2, 0.25) is 0 Å². The molecule has 2 N–H and O–H groups in total. The monoisotopic (exact) mass is 239 g/mol. The molecule has 5 heteroatoms. The number of amides is 1. The van der Waals surface area contributed by atoms with E-state index in [0.29, 0.717) is 25.0 Å². The molecular formula is C12H17NO4. The predicted molar refractivity (Wildman–Crippen MR) is 61.9 cm³/mol. The van der Waals surface area contributed by atoms with Crippen molar-refractivity contribution in [1.82, 2.24) is 5.32 Å². The van der Waals surface area contributed by atoms with Gasteiger partial charge in [-0.15, -0.1) is 0 Å². The fourth-order valence-electron chi connectivity index (χ4n) is 1.47. The quantitative estimate of drug-likeness (QED) is 0.793. The third-order valence-electron chi connectivity index (χ3n) is 2.41. The molecule has 94 valence electrons. The molecule has 0 spiro atoms. The first-order valence-electron chi connectivity index (χ1n) is 5.70. The topological polar surface area (TPSA) is 79.5 Å². The smallest absolute Gasteiger partial charge is 0.326 e. The van der Waals surface area contributed by atoms with Gasteiger partial charge in [-0.2, -0.15) is 0 Å². The van der Waals surface area contributed by atoms with Crippen molar-refractivity contribution >= 4 is 11.9 Å². The van der Waals surface area contributed by atoms with Crippen LogP contribution in [-0.2, 0) is 11.2 Å². The van der Waals surface area contributed by atoms with Gasteiger partial charge in [0, 0.05) is 6.42 Å². The van der Waals surface area contributed by atoms with Gasteiger partial charge in [-0.05, 0) is 18.6 Å². The first kappa shape index (κ1) is 13.3. The van der Waals surface area contributed by atoms with Crippen LogP contribution in [0.15, 0.2) is 16.5 Å². The number of carbonyl (C=O) groups is 2. The zero-order valence-corrected chi connectivity index (χ0v) is 10.0. The van der Waals surface area contributed by atoms with Gasteiger partial charge >= 0.3 is 5.97 Å². The maximum Gasteiger partial charge on any atom is 0.326 e. The third kappa shape index (κ3) is 3.62. The van der Waals surface area contributed by atoms with Gasteiger partial charge in [0.25, 0.3) is 5.91 Å². The van der Waals surface area contributed by atoms with Crippen LogP contribution in [0.1, 0.15) is 43.0 Å². The van der Waals surface area contributed by atoms with Crippen LogP contribution in [0.4, 0.5) is 0 Å². The average molecular weight is 239 g/mol. The van der Waals surface area contributed by atoms with Crippen LogP contribution < -0.4 is 5.32 Å². The molecule has 0 bridgehead atoms. The number of carbonyl (C=O) groups excluding carboxylic acids is 1. The van der Waals surface area contributed by atoms with Crippen molar-refractivity contribution in [1.29, 1.82) is 0 Å². The van der Waals surface area contributed by atoms with Crippen molar-refractivity contribution in [3.05, 3.63) is 23.7 Å². The molecule has 1 rings (SSSR count). The number of nitrogens with one attached hydrogen (secondary N) is 1. The van der Waals surface area contributed by atoms with Crippen LogP contribution in [0, 0.1) is 0 Å². The molecule has 17 heavy (non-hydrogen) atoms. The summed E-state index contributed by atoms with van der Waals surface area (Å²) in [6.07, 6.45) is 1.79. The lowest BCUT2D eigenvalue weighted by atomic mass is 10.1. The van der Waals surface area contributed by atoms with Gasteiger partial charge in [-0.1, -0.05) is 20.3 Å². The Bertz CT molecular complexity index is 397. The SMILES string of the molecule is CCC[C@H](NC(=O)c1ccc(CC)o1)C(=O)O. The minimum Gasteiger partial charge on any atom is -0.480 e. The molecular weight excluding hydrogens is 222 g/mol. The van der Waals surface area contributed by atoms with E-state index < -0.39 is 17.9 Å². The summed E-state index contributed by atoms with van der Waals surface area (Å²) >= 11 is 0. The van der Waals surface area contributed by atoms with Gasteiger partial charge in [-0.3, -0.25) is 4.79 Å². The third-order valence-corrected chi connectivity index (χ3v) is 2.41. The lowest BCUT2D eigenvalue weighted by molar-refractivity contribution is -0.139. The van der Waals surface area contributed by atoms with Gasteiger partial charge in [0.15, 0.2) is 5.76 Å². The predicted octanol–water partition coefficient (Wildman–Crippen LogP) is 1.83. The summed E-state index contributed by atoms with van der Waals surface area (Å²) in [5.41, 5.74) is 0. The van der Waals surface area contributed by atoms with Gasteiger partial charge in [0.2, 0.25) is 0 Å². The minimum atomic E-state index is -1.03. The van der Waals surface area contributed by atoms with Crippen LogP contribution in [0.25, 0.3) is 0 Å². The number of carboxylic acids is 1. The summed E-state index contributed by atoms with van der Waals surface area (Å²) in [6.45, 7) is 3.78. The maximum atomic E-state index is 11.7. The second-order valence-electron chi connectivity index (χ2n) is 3.77. The molecule has 1 aromatic rings. The Morgan fingerprint density at radius 3 is 2.59 bits per heavy atom. The van der Waals surface area contributed by atoms with Crippen molar-refractivity contribution < 1.29 is 19.1 Å². The standard InChI is InChI=1S/C12H17NO4/c1-3-5-9(12(15)16)13-11(14)10-7-6-8(4-2)17-10/h6-7,9H,3-5H2,1-2H3,(H,13,14)(H,15,16)/t9-/m0/s1. The molecule has 1 amide bonds. The molecule has 1 atom stereocenters. The van der Waals surface area contributed by atoms with E-state index in [-0.39, 0.29) is 5.76 Å². The molecule has 0 radical (unpaired) electrons. The molecule has 0 aliphatic heterocycles. The lowest BCUT2D eigenvalue weighted by Gasteiger charge is -2.12. The molecule has 5 nitrogen and oxygen atoms in total. The van der Waals surface area contributed by atoms with Crippen molar-refractivity contribution in [3.63, 3.8) is 0 Å². The van der Waals surface area contributed by atoms with Crippen molar-refractivity contribution in [2.45, 2.75) is 39.2 Å². The van der Waals surface area contributed by atoms with E-state index in [1.165, 1.54) is 0 Å². The van der Waals surface area contributed by atoms with Gasteiger partial charge in [-0.25, -0.2) is 4.79 Å². The molecule has 1 aromatic heterocycles. The first-order chi connectivity index (χ1) is 8.08. The summed E-state index contributed by atoms with van der Waals surface area (Å²) in [5.74, 6) is -0.644. The van der Waals surface area contributed by atoms with E-state index in [1.54, 1.807) is 12.1 Å². The molecule has 0 aliphatic carbocycles. The van der Waals surface area contributed by atoms with Crippen molar-refractivity contribution in [2.24, 2.45) is 0 Å². The van der Waals surface area contributed by atoms with Crippen LogP contribution in [0.3, 0.4) is 0 Å². The molecule has 0 aromatic carbocycles.